The number of aliphatic hydroxyl groups excluding tert-OH is 4. The van der Waals surface area contributed by atoms with Crippen molar-refractivity contribution in [1.82, 2.24) is 0 Å². The van der Waals surface area contributed by atoms with Gasteiger partial charge in [-0.15, -0.1) is 11.3 Å². The van der Waals surface area contributed by atoms with E-state index in [1.165, 1.54) is 18.4 Å². The molecule has 0 saturated heterocycles. The minimum atomic E-state index is -2.17. The highest BCUT2D eigenvalue weighted by Gasteiger charge is 2.65. The molecule has 1 aliphatic carbocycles. The number of aliphatic hydroxyl groups is 5. The van der Waals surface area contributed by atoms with Crippen LogP contribution in [0.1, 0.15) is 9.67 Å². The molecule has 27 heavy (non-hydrogen) atoms. The number of thiophene rings is 1. The van der Waals surface area contributed by atoms with Gasteiger partial charge >= 0.3 is 5.97 Å². The maximum absolute atomic E-state index is 11.5. The SMILES string of the molecule is COC(=O)c1ccc(-c2ccc(OC(O)C3(O)C(O)C(O)C3CO)cc2)s1. The molecule has 1 aromatic heterocycles. The molecule has 0 spiro atoms. The Hall–Kier alpha value is -2.01. The molecule has 1 saturated carbocycles. The first kappa shape index (κ1) is 19.7. The summed E-state index contributed by atoms with van der Waals surface area (Å²) in [5, 5.41) is 49.1. The number of carbonyl (C=O) groups is 1. The second-order valence-corrected chi connectivity index (χ2v) is 7.35. The first-order valence-electron chi connectivity index (χ1n) is 8.15. The lowest BCUT2D eigenvalue weighted by molar-refractivity contribution is -0.332. The molecular weight excluding hydrogens is 376 g/mol. The van der Waals surface area contributed by atoms with Crippen molar-refractivity contribution in [3.8, 4) is 16.2 Å². The molecule has 0 amide bonds. The van der Waals surface area contributed by atoms with Gasteiger partial charge in [-0.3, -0.25) is 0 Å². The van der Waals surface area contributed by atoms with Gasteiger partial charge in [-0.2, -0.15) is 0 Å². The zero-order valence-electron chi connectivity index (χ0n) is 14.3. The van der Waals surface area contributed by atoms with E-state index in [2.05, 4.69) is 4.74 Å². The summed E-state index contributed by atoms with van der Waals surface area (Å²) in [7, 11) is 1.31. The van der Waals surface area contributed by atoms with E-state index >= 15 is 0 Å². The summed E-state index contributed by atoms with van der Waals surface area (Å²) >= 11 is 1.27. The highest BCUT2D eigenvalue weighted by molar-refractivity contribution is 7.17. The van der Waals surface area contributed by atoms with Crippen LogP contribution >= 0.6 is 11.3 Å². The lowest BCUT2D eigenvalue weighted by atomic mass is 9.64. The number of rotatable bonds is 6. The van der Waals surface area contributed by atoms with Gasteiger partial charge in [0.05, 0.1) is 19.8 Å². The van der Waals surface area contributed by atoms with Crippen molar-refractivity contribution < 1.29 is 39.8 Å². The molecule has 0 aliphatic heterocycles. The van der Waals surface area contributed by atoms with Gasteiger partial charge in [0.2, 0.25) is 6.29 Å². The van der Waals surface area contributed by atoms with Crippen LogP contribution in [0.25, 0.3) is 10.4 Å². The lowest BCUT2D eigenvalue weighted by Gasteiger charge is -2.53. The Balaban J connectivity index is 1.71. The summed E-state index contributed by atoms with van der Waals surface area (Å²) in [6, 6.07) is 9.95. The van der Waals surface area contributed by atoms with Gasteiger partial charge in [-0.1, -0.05) is 0 Å². The molecule has 8 nitrogen and oxygen atoms in total. The molecule has 1 fully saturated rings. The molecule has 3 rings (SSSR count). The Kier molecular flexibility index (Phi) is 5.52. The number of carbonyl (C=O) groups excluding carboxylic acids is 1. The fraction of sp³-hybridized carbons (Fsp3) is 0.389. The Bertz CT molecular complexity index is 804. The number of hydrogen-bond donors (Lipinski definition) is 5. The standard InChI is InChI=1S/C18H20O8S/c1-25-16(22)13-7-6-12(27-13)9-2-4-10(5-3-9)26-17(23)18(24)11(8-19)14(20)15(18)21/h2-7,11,14-15,17,19-21,23-24H,8H2,1H3. The van der Waals surface area contributed by atoms with E-state index < -0.39 is 42.6 Å². The lowest BCUT2D eigenvalue weighted by Crippen LogP contribution is -2.76. The fourth-order valence-electron chi connectivity index (χ4n) is 3.08. The average molecular weight is 396 g/mol. The van der Waals surface area contributed by atoms with Crippen LogP contribution in [0.4, 0.5) is 0 Å². The normalized spacial score (nSPS) is 28.3. The smallest absolute Gasteiger partial charge is 0.348 e. The topological polar surface area (TPSA) is 137 Å². The monoisotopic (exact) mass is 396 g/mol. The highest BCUT2D eigenvalue weighted by atomic mass is 32.1. The molecule has 1 aromatic carbocycles. The summed E-state index contributed by atoms with van der Waals surface area (Å²) < 4.78 is 9.95. The maximum Gasteiger partial charge on any atom is 0.348 e. The molecular formula is C18H20O8S. The van der Waals surface area contributed by atoms with Crippen LogP contribution in [0, 0.1) is 5.92 Å². The van der Waals surface area contributed by atoms with Crippen molar-refractivity contribution in [3.63, 3.8) is 0 Å². The molecule has 1 aliphatic rings. The van der Waals surface area contributed by atoms with Crippen LogP contribution in [-0.4, -0.2) is 69.3 Å². The number of ether oxygens (including phenoxy) is 2. The number of hydrogen-bond acceptors (Lipinski definition) is 9. The van der Waals surface area contributed by atoms with Gasteiger partial charge in [0.25, 0.3) is 0 Å². The average Bonchev–Trinajstić information content (AvgIpc) is 3.17. The predicted molar refractivity (Wildman–Crippen MR) is 95.3 cm³/mol. The van der Waals surface area contributed by atoms with Gasteiger partial charge < -0.3 is 35.0 Å². The van der Waals surface area contributed by atoms with Crippen LogP contribution in [0.3, 0.4) is 0 Å². The zero-order chi connectivity index (χ0) is 19.8. The largest absolute Gasteiger partial charge is 0.465 e. The van der Waals surface area contributed by atoms with E-state index in [0.29, 0.717) is 4.88 Å². The van der Waals surface area contributed by atoms with Crippen molar-refractivity contribution in [2.24, 2.45) is 5.92 Å². The van der Waals surface area contributed by atoms with E-state index in [1.54, 1.807) is 36.4 Å². The number of benzene rings is 1. The quantitative estimate of drug-likeness (QED) is 0.339. The van der Waals surface area contributed by atoms with Gasteiger partial charge in [-0.25, -0.2) is 4.79 Å². The fourth-order valence-corrected chi connectivity index (χ4v) is 4.01. The summed E-state index contributed by atoms with van der Waals surface area (Å²) in [4.78, 5) is 12.8. The molecule has 5 N–H and O–H groups in total. The van der Waals surface area contributed by atoms with Crippen molar-refractivity contribution >= 4 is 17.3 Å². The molecule has 0 radical (unpaired) electrons. The minimum Gasteiger partial charge on any atom is -0.465 e. The Morgan fingerprint density at radius 3 is 2.48 bits per heavy atom. The van der Waals surface area contributed by atoms with Gasteiger partial charge in [-0.05, 0) is 42.0 Å². The van der Waals surface area contributed by atoms with E-state index in [4.69, 9.17) is 4.74 Å². The van der Waals surface area contributed by atoms with Gasteiger partial charge in [0.1, 0.15) is 16.7 Å². The Labute approximate surface area is 158 Å². The van der Waals surface area contributed by atoms with Crippen LogP contribution < -0.4 is 4.74 Å². The summed E-state index contributed by atoms with van der Waals surface area (Å²) in [5.41, 5.74) is -1.36. The summed E-state index contributed by atoms with van der Waals surface area (Å²) in [6.45, 7) is -0.616. The molecule has 9 heteroatoms. The van der Waals surface area contributed by atoms with Crippen LogP contribution in [0.2, 0.25) is 0 Å². The van der Waals surface area contributed by atoms with E-state index in [9.17, 15) is 30.3 Å². The number of methoxy groups -OCH3 is 1. The number of esters is 1. The summed E-state index contributed by atoms with van der Waals surface area (Å²) in [6.07, 6.45) is -4.82. The van der Waals surface area contributed by atoms with E-state index in [-0.39, 0.29) is 5.75 Å². The molecule has 0 bridgehead atoms. The first-order valence-corrected chi connectivity index (χ1v) is 8.97. The van der Waals surface area contributed by atoms with Crippen LogP contribution in [0.5, 0.6) is 5.75 Å². The molecule has 5 atom stereocenters. The molecule has 1 heterocycles. The molecule has 2 aromatic rings. The predicted octanol–water partition coefficient (Wildman–Crippen LogP) is -0.0261. The van der Waals surface area contributed by atoms with Crippen LogP contribution in [0.15, 0.2) is 36.4 Å². The van der Waals surface area contributed by atoms with Crippen molar-refractivity contribution in [2.45, 2.75) is 24.1 Å². The second-order valence-electron chi connectivity index (χ2n) is 6.26. The zero-order valence-corrected chi connectivity index (χ0v) is 15.2. The van der Waals surface area contributed by atoms with Crippen molar-refractivity contribution in [3.05, 3.63) is 41.3 Å². The highest BCUT2D eigenvalue weighted by Crippen LogP contribution is 2.42. The first-order chi connectivity index (χ1) is 12.8. The van der Waals surface area contributed by atoms with Crippen LogP contribution in [-0.2, 0) is 4.74 Å². The molecule has 5 unspecified atom stereocenters. The minimum absolute atomic E-state index is 0.217. The van der Waals surface area contributed by atoms with E-state index in [0.717, 1.165) is 10.4 Å². The summed E-state index contributed by atoms with van der Waals surface area (Å²) in [5.74, 6) is -1.32. The Morgan fingerprint density at radius 2 is 1.89 bits per heavy atom. The van der Waals surface area contributed by atoms with Crippen molar-refractivity contribution in [2.75, 3.05) is 13.7 Å². The third kappa shape index (κ3) is 3.33. The second kappa shape index (κ2) is 7.55. The molecule has 146 valence electrons. The third-order valence-corrected chi connectivity index (χ3v) is 5.89. The van der Waals surface area contributed by atoms with Gasteiger partial charge in [0, 0.05) is 10.8 Å². The van der Waals surface area contributed by atoms with Gasteiger partial charge in [0.15, 0.2) is 5.60 Å². The third-order valence-electron chi connectivity index (χ3n) is 4.77. The Morgan fingerprint density at radius 1 is 1.22 bits per heavy atom. The van der Waals surface area contributed by atoms with Crippen molar-refractivity contribution in [1.29, 1.82) is 0 Å². The van der Waals surface area contributed by atoms with E-state index in [1.807, 2.05) is 0 Å². The maximum atomic E-state index is 11.5.